The number of fused-ring (bicyclic) bond motifs is 5. The summed E-state index contributed by atoms with van der Waals surface area (Å²) in [7, 11) is 0. The molecule has 0 amide bonds. The number of hydrogen-bond acceptors (Lipinski definition) is 1. The van der Waals surface area contributed by atoms with Gasteiger partial charge in [0.25, 0.3) is 0 Å². The van der Waals surface area contributed by atoms with Crippen LogP contribution >= 0.6 is 0 Å². The second-order valence-electron chi connectivity index (χ2n) is 12.6. The summed E-state index contributed by atoms with van der Waals surface area (Å²) in [5.41, 5.74) is 10.1. The van der Waals surface area contributed by atoms with Crippen molar-refractivity contribution in [3.63, 3.8) is 0 Å². The van der Waals surface area contributed by atoms with Crippen LogP contribution in [0.5, 0.6) is 0 Å². The smallest absolute Gasteiger partial charge is 0.201 e. The first-order chi connectivity index (χ1) is 25.2. The molecule has 0 fully saturated rings. The lowest BCUT2D eigenvalue weighted by Gasteiger charge is -2.19. The Bertz CT molecular complexity index is 2940. The third-order valence-corrected chi connectivity index (χ3v) is 9.81. The maximum Gasteiger partial charge on any atom is 0.201 e. The van der Waals surface area contributed by atoms with Crippen LogP contribution in [0.2, 0.25) is 0 Å². The molecule has 0 N–H and O–H groups in total. The minimum absolute atomic E-state index is 0.388. The van der Waals surface area contributed by atoms with Gasteiger partial charge >= 0.3 is 0 Å². The van der Waals surface area contributed by atoms with Gasteiger partial charge in [0, 0.05) is 10.8 Å². The Balaban J connectivity index is 1.36. The van der Waals surface area contributed by atoms with Crippen LogP contribution in [0.3, 0.4) is 0 Å². The van der Waals surface area contributed by atoms with E-state index in [9.17, 15) is 5.26 Å². The molecule has 0 saturated heterocycles. The lowest BCUT2D eigenvalue weighted by atomic mass is 9.85. The molecule has 0 spiro atoms. The summed E-state index contributed by atoms with van der Waals surface area (Å²) < 4.78 is 2.12. The van der Waals surface area contributed by atoms with E-state index in [0.29, 0.717) is 22.6 Å². The average molecular weight is 647 g/mol. The monoisotopic (exact) mass is 646 g/mol. The largest absolute Gasteiger partial charge is 0.318 e. The van der Waals surface area contributed by atoms with E-state index in [4.69, 9.17) is 13.1 Å². The SMILES string of the molecule is [C-]#[N+]c1cc([N+]#[C-])c(-n2c3ccccc3c3cc(C#N)ccc32)c(-c2cccc(-c3c4ccccc4c(-c4ccccc4)c4ccccc34)c2)c1. The van der Waals surface area contributed by atoms with Gasteiger partial charge in [-0.3, -0.25) is 0 Å². The van der Waals surface area contributed by atoms with Gasteiger partial charge in [-0.1, -0.05) is 115 Å². The van der Waals surface area contributed by atoms with Gasteiger partial charge in [-0.15, -0.1) is 0 Å². The normalized spacial score (nSPS) is 11.1. The topological polar surface area (TPSA) is 37.4 Å². The minimum atomic E-state index is 0.388. The highest BCUT2D eigenvalue weighted by molar-refractivity contribution is 6.21. The Morgan fingerprint density at radius 3 is 1.69 bits per heavy atom. The first-order valence-electron chi connectivity index (χ1n) is 16.6. The summed E-state index contributed by atoms with van der Waals surface area (Å²) in [5.74, 6) is 0. The van der Waals surface area contributed by atoms with Crippen LogP contribution in [0.15, 0.2) is 158 Å². The molecule has 0 aliphatic rings. The fourth-order valence-corrected chi connectivity index (χ4v) is 7.69. The molecule has 9 aromatic rings. The zero-order valence-electron chi connectivity index (χ0n) is 27.3. The van der Waals surface area contributed by atoms with Crippen molar-refractivity contribution in [3.8, 4) is 45.1 Å². The molecule has 0 radical (unpaired) electrons. The number of rotatable bonds is 4. The van der Waals surface area contributed by atoms with E-state index in [2.05, 4.69) is 123 Å². The molecule has 0 unspecified atom stereocenters. The number of nitriles is 1. The molecule has 9 rings (SSSR count). The molecular weight excluding hydrogens is 621 g/mol. The fraction of sp³-hybridized carbons (Fsp3) is 0. The Hall–Kier alpha value is -7.45. The first kappa shape index (κ1) is 29.7. The third kappa shape index (κ3) is 4.66. The summed E-state index contributed by atoms with van der Waals surface area (Å²) in [5, 5.41) is 16.3. The molecule has 0 atom stereocenters. The summed E-state index contributed by atoms with van der Waals surface area (Å²) in [6, 6.07) is 55.9. The molecule has 1 aromatic heterocycles. The lowest BCUT2D eigenvalue weighted by Crippen LogP contribution is -1.98. The highest BCUT2D eigenvalue weighted by Crippen LogP contribution is 2.47. The predicted octanol–water partition coefficient (Wildman–Crippen LogP) is 13.1. The minimum Gasteiger partial charge on any atom is -0.318 e. The number of nitrogens with zero attached hydrogens (tertiary/aromatic N) is 4. The Morgan fingerprint density at radius 1 is 0.471 bits per heavy atom. The quantitative estimate of drug-likeness (QED) is 0.138. The van der Waals surface area contributed by atoms with Crippen molar-refractivity contribution in [3.05, 3.63) is 186 Å². The molecule has 1 heterocycles. The Labute approximate surface area is 294 Å². The van der Waals surface area contributed by atoms with Gasteiger partial charge < -0.3 is 4.57 Å². The number of para-hydroxylation sites is 1. The molecule has 0 bridgehead atoms. The summed E-state index contributed by atoms with van der Waals surface area (Å²) in [6.45, 7) is 16.3. The van der Waals surface area contributed by atoms with Crippen LogP contribution < -0.4 is 0 Å². The molecular formula is C47H26N4. The Morgan fingerprint density at radius 2 is 1.04 bits per heavy atom. The van der Waals surface area contributed by atoms with Crippen LogP contribution in [0.25, 0.3) is 92.1 Å². The second-order valence-corrected chi connectivity index (χ2v) is 12.6. The summed E-state index contributed by atoms with van der Waals surface area (Å²) >= 11 is 0. The average Bonchev–Trinajstić information content (AvgIpc) is 3.52. The van der Waals surface area contributed by atoms with E-state index in [1.807, 2.05) is 48.5 Å². The summed E-state index contributed by atoms with van der Waals surface area (Å²) in [6.07, 6.45) is 0. The van der Waals surface area contributed by atoms with Gasteiger partial charge in [0.05, 0.1) is 41.5 Å². The van der Waals surface area contributed by atoms with Gasteiger partial charge in [0.15, 0.2) is 5.69 Å². The van der Waals surface area contributed by atoms with Crippen molar-refractivity contribution in [2.24, 2.45) is 0 Å². The molecule has 0 aliphatic carbocycles. The van der Waals surface area contributed by atoms with Crippen molar-refractivity contribution < 1.29 is 0 Å². The first-order valence-corrected chi connectivity index (χ1v) is 16.6. The number of benzene rings is 8. The molecule has 0 aliphatic heterocycles. The molecule has 234 valence electrons. The molecule has 4 heteroatoms. The van der Waals surface area contributed by atoms with Gasteiger partial charge in [-0.2, -0.15) is 5.26 Å². The van der Waals surface area contributed by atoms with Crippen molar-refractivity contribution >= 4 is 54.7 Å². The van der Waals surface area contributed by atoms with Crippen molar-refractivity contribution in [1.29, 1.82) is 5.26 Å². The molecule has 8 aromatic carbocycles. The number of hydrogen-bond donors (Lipinski definition) is 0. The van der Waals surface area contributed by atoms with Crippen molar-refractivity contribution in [2.75, 3.05) is 0 Å². The second kappa shape index (κ2) is 11.9. The highest BCUT2D eigenvalue weighted by Gasteiger charge is 2.22. The molecule has 4 nitrogen and oxygen atoms in total. The lowest BCUT2D eigenvalue weighted by molar-refractivity contribution is 1.19. The van der Waals surface area contributed by atoms with Crippen LogP contribution in [0.1, 0.15) is 5.56 Å². The van der Waals surface area contributed by atoms with Crippen LogP contribution in [0.4, 0.5) is 11.4 Å². The fourth-order valence-electron chi connectivity index (χ4n) is 7.69. The predicted molar refractivity (Wildman–Crippen MR) is 209 cm³/mol. The van der Waals surface area contributed by atoms with Crippen molar-refractivity contribution in [1.82, 2.24) is 4.57 Å². The maximum atomic E-state index is 9.73. The van der Waals surface area contributed by atoms with Gasteiger partial charge in [-0.05, 0) is 97.4 Å². The van der Waals surface area contributed by atoms with Crippen molar-refractivity contribution in [2.45, 2.75) is 0 Å². The molecule has 51 heavy (non-hydrogen) atoms. The van der Waals surface area contributed by atoms with Gasteiger partial charge in [0.2, 0.25) is 5.69 Å². The van der Waals surface area contributed by atoms with Gasteiger partial charge in [-0.25, -0.2) is 9.69 Å². The zero-order chi connectivity index (χ0) is 34.5. The van der Waals surface area contributed by atoms with E-state index < -0.39 is 0 Å². The number of aromatic nitrogens is 1. The van der Waals surface area contributed by atoms with Crippen LogP contribution in [-0.4, -0.2) is 4.57 Å². The van der Waals surface area contributed by atoms with E-state index in [-0.39, 0.29) is 0 Å². The standard InChI is InChI=1S/C47H26N4/c1-49-34-27-40(47(42(28-34)50-2)51-43-22-11-10-17-35(43)41-25-30(29-48)23-24-44(41)51)32-15-12-16-33(26-32)46-38-20-8-6-18-36(38)45(31-13-4-3-5-14-31)37-19-7-9-21-39(37)46/h3-28H. The van der Waals surface area contributed by atoms with E-state index in [1.165, 1.54) is 21.9 Å². The Kier molecular flexibility index (Phi) is 6.93. The third-order valence-electron chi connectivity index (χ3n) is 9.81. The van der Waals surface area contributed by atoms with Crippen LogP contribution in [0, 0.1) is 24.5 Å². The maximum absolute atomic E-state index is 9.73. The highest BCUT2D eigenvalue weighted by atomic mass is 15.0. The van der Waals surface area contributed by atoms with Gasteiger partial charge in [0.1, 0.15) is 0 Å². The van der Waals surface area contributed by atoms with E-state index in [1.54, 1.807) is 6.07 Å². The van der Waals surface area contributed by atoms with E-state index >= 15 is 0 Å². The molecule has 0 saturated carbocycles. The summed E-state index contributed by atoms with van der Waals surface area (Å²) in [4.78, 5) is 7.80. The zero-order valence-corrected chi connectivity index (χ0v) is 27.3. The van der Waals surface area contributed by atoms with Crippen LogP contribution in [-0.2, 0) is 0 Å². The van der Waals surface area contributed by atoms with E-state index in [0.717, 1.165) is 54.8 Å².